The molecule has 1 aliphatic heterocycles. The van der Waals surface area contributed by atoms with Gasteiger partial charge in [0.25, 0.3) is 0 Å². The van der Waals surface area contributed by atoms with Crippen LogP contribution in [-0.4, -0.2) is 44.1 Å². The summed E-state index contributed by atoms with van der Waals surface area (Å²) in [5, 5.41) is -0.407. The van der Waals surface area contributed by atoms with Crippen LogP contribution < -0.4 is 9.47 Å². The van der Waals surface area contributed by atoms with E-state index in [0.717, 1.165) is 5.56 Å². The van der Waals surface area contributed by atoms with Gasteiger partial charge in [-0.25, -0.2) is 0 Å². The van der Waals surface area contributed by atoms with E-state index in [1.807, 2.05) is 0 Å². The minimum atomic E-state index is -0.407. The van der Waals surface area contributed by atoms with Crippen molar-refractivity contribution in [2.24, 2.45) is 0 Å². The highest BCUT2D eigenvalue weighted by atomic mass is 32.2. The molecule has 1 aliphatic carbocycles. The number of thioether (sulfide) groups is 1. The molecule has 144 valence electrons. The van der Waals surface area contributed by atoms with E-state index in [9.17, 15) is 14.4 Å². The van der Waals surface area contributed by atoms with Crippen molar-refractivity contribution in [3.63, 3.8) is 0 Å². The van der Waals surface area contributed by atoms with Gasteiger partial charge in [0.05, 0.1) is 32.5 Å². The Bertz CT molecular complexity index is 1030. The minimum absolute atomic E-state index is 0.206. The van der Waals surface area contributed by atoms with Gasteiger partial charge in [-0.05, 0) is 6.42 Å². The van der Waals surface area contributed by atoms with Gasteiger partial charge in [0.2, 0.25) is 0 Å². The van der Waals surface area contributed by atoms with Gasteiger partial charge in [0, 0.05) is 28.0 Å². The lowest BCUT2D eigenvalue weighted by Gasteiger charge is -2.30. The summed E-state index contributed by atoms with van der Waals surface area (Å²) in [4.78, 5) is 38.6. The first-order valence-electron chi connectivity index (χ1n) is 8.71. The molecule has 4 rings (SSSR count). The Kier molecular flexibility index (Phi) is 4.63. The van der Waals surface area contributed by atoms with Crippen molar-refractivity contribution in [3.05, 3.63) is 57.6 Å². The molecular formula is C21H18O6S. The van der Waals surface area contributed by atoms with Crippen molar-refractivity contribution >= 4 is 29.3 Å². The minimum Gasteiger partial charge on any atom is -0.496 e. The Labute approximate surface area is 166 Å². The topological polar surface area (TPSA) is 78.9 Å². The van der Waals surface area contributed by atoms with Crippen LogP contribution in [-0.2, 0) is 21.7 Å². The fourth-order valence-electron chi connectivity index (χ4n) is 3.91. The number of ketones is 2. The van der Waals surface area contributed by atoms with Crippen molar-refractivity contribution in [1.82, 2.24) is 0 Å². The van der Waals surface area contributed by atoms with Crippen LogP contribution >= 0.6 is 11.8 Å². The zero-order valence-electron chi connectivity index (χ0n) is 15.7. The van der Waals surface area contributed by atoms with Crippen LogP contribution in [0.15, 0.2) is 24.3 Å². The van der Waals surface area contributed by atoms with E-state index in [4.69, 9.17) is 14.2 Å². The Balaban J connectivity index is 2.00. The van der Waals surface area contributed by atoms with Crippen LogP contribution in [0.1, 0.15) is 43.0 Å². The molecule has 1 unspecified atom stereocenters. The van der Waals surface area contributed by atoms with Crippen LogP contribution in [0.4, 0.5) is 0 Å². The SMILES string of the molecule is COC(=O)C1Cc2c(c(OC)c3c(c2OC)C(=O)c2ccccc2C3=O)CS1. The Hall–Kier alpha value is -2.80. The maximum absolute atomic E-state index is 13.3. The highest BCUT2D eigenvalue weighted by molar-refractivity contribution is 7.99. The Morgan fingerprint density at radius 1 is 0.929 bits per heavy atom. The molecule has 2 aromatic carbocycles. The number of carbonyl (C=O) groups excluding carboxylic acids is 3. The van der Waals surface area contributed by atoms with E-state index < -0.39 is 5.25 Å². The molecule has 0 N–H and O–H groups in total. The van der Waals surface area contributed by atoms with Crippen LogP contribution in [0.2, 0.25) is 0 Å². The summed E-state index contributed by atoms with van der Waals surface area (Å²) in [6, 6.07) is 6.73. The number of hydrogen-bond donors (Lipinski definition) is 0. The number of rotatable bonds is 3. The van der Waals surface area contributed by atoms with E-state index in [1.165, 1.54) is 33.1 Å². The van der Waals surface area contributed by atoms with Crippen LogP contribution in [0.25, 0.3) is 0 Å². The second-order valence-corrected chi connectivity index (χ2v) is 7.70. The van der Waals surface area contributed by atoms with Crippen molar-refractivity contribution < 1.29 is 28.6 Å². The van der Waals surface area contributed by atoms with Crippen LogP contribution in [0.5, 0.6) is 11.5 Å². The molecule has 0 spiro atoms. The summed E-state index contributed by atoms with van der Waals surface area (Å²) in [6.45, 7) is 0. The molecule has 6 nitrogen and oxygen atoms in total. The number of carbonyl (C=O) groups is 3. The van der Waals surface area contributed by atoms with Gasteiger partial charge in [-0.3, -0.25) is 14.4 Å². The third-order valence-electron chi connectivity index (χ3n) is 5.18. The Morgan fingerprint density at radius 2 is 1.46 bits per heavy atom. The normalized spacial score (nSPS) is 17.3. The monoisotopic (exact) mass is 398 g/mol. The number of methoxy groups -OCH3 is 3. The zero-order chi connectivity index (χ0) is 20.0. The molecule has 0 saturated heterocycles. The average molecular weight is 398 g/mol. The number of esters is 1. The first-order valence-corrected chi connectivity index (χ1v) is 9.75. The highest BCUT2D eigenvalue weighted by Crippen LogP contribution is 2.48. The average Bonchev–Trinajstić information content (AvgIpc) is 2.74. The molecule has 0 aromatic heterocycles. The zero-order valence-corrected chi connectivity index (χ0v) is 16.5. The lowest BCUT2D eigenvalue weighted by molar-refractivity contribution is -0.139. The maximum atomic E-state index is 13.3. The lowest BCUT2D eigenvalue weighted by atomic mass is 9.80. The van der Waals surface area contributed by atoms with E-state index in [1.54, 1.807) is 24.3 Å². The summed E-state index contributed by atoms with van der Waals surface area (Å²) in [5.74, 6) is 0.300. The predicted octanol–water partition coefficient (Wildman–Crippen LogP) is 2.81. The summed E-state index contributed by atoms with van der Waals surface area (Å²) in [7, 11) is 4.30. The number of hydrogen-bond acceptors (Lipinski definition) is 7. The van der Waals surface area contributed by atoms with E-state index in [0.29, 0.717) is 40.4 Å². The van der Waals surface area contributed by atoms with E-state index >= 15 is 0 Å². The molecule has 0 fully saturated rings. The van der Waals surface area contributed by atoms with Gasteiger partial charge in [-0.1, -0.05) is 24.3 Å². The van der Waals surface area contributed by atoms with Gasteiger partial charge < -0.3 is 14.2 Å². The van der Waals surface area contributed by atoms with Crippen molar-refractivity contribution in [2.75, 3.05) is 21.3 Å². The van der Waals surface area contributed by atoms with Crippen LogP contribution in [0, 0.1) is 0 Å². The Morgan fingerprint density at radius 3 is 1.96 bits per heavy atom. The molecular weight excluding hydrogens is 380 g/mol. The molecule has 0 bridgehead atoms. The molecule has 7 heteroatoms. The molecule has 28 heavy (non-hydrogen) atoms. The smallest absolute Gasteiger partial charge is 0.319 e. The van der Waals surface area contributed by atoms with Gasteiger partial charge in [-0.15, -0.1) is 11.8 Å². The lowest BCUT2D eigenvalue weighted by Crippen LogP contribution is -2.29. The highest BCUT2D eigenvalue weighted by Gasteiger charge is 2.40. The number of benzene rings is 2. The second kappa shape index (κ2) is 6.98. The summed E-state index contributed by atoms with van der Waals surface area (Å²) in [5.41, 5.74) is 2.64. The second-order valence-electron chi connectivity index (χ2n) is 6.50. The fraction of sp³-hybridized carbons (Fsp3) is 0.286. The molecule has 2 aromatic rings. The molecule has 0 radical (unpaired) electrons. The third kappa shape index (κ3) is 2.53. The van der Waals surface area contributed by atoms with Gasteiger partial charge in [0.1, 0.15) is 16.7 Å². The quantitative estimate of drug-likeness (QED) is 0.628. The number of fused-ring (bicyclic) bond motifs is 3. The van der Waals surface area contributed by atoms with Crippen molar-refractivity contribution in [2.45, 2.75) is 17.4 Å². The molecule has 0 saturated carbocycles. The standard InChI is InChI=1S/C21H18O6S/c1-25-19-12-8-14(21(24)27-3)28-9-13(12)20(26-2)16-15(19)17(22)10-6-4-5-7-11(10)18(16)23/h4-7,14H,8-9H2,1-3H3. The summed E-state index contributed by atoms with van der Waals surface area (Å²) in [6.07, 6.45) is 0.336. The van der Waals surface area contributed by atoms with Crippen LogP contribution in [0.3, 0.4) is 0 Å². The first-order chi connectivity index (χ1) is 13.5. The summed E-state index contributed by atoms with van der Waals surface area (Å²) >= 11 is 1.42. The maximum Gasteiger partial charge on any atom is 0.319 e. The predicted molar refractivity (Wildman–Crippen MR) is 104 cm³/mol. The fourth-order valence-corrected chi connectivity index (χ4v) is 5.10. The van der Waals surface area contributed by atoms with Gasteiger partial charge in [-0.2, -0.15) is 0 Å². The number of ether oxygens (including phenoxy) is 3. The van der Waals surface area contributed by atoms with Gasteiger partial charge in [0.15, 0.2) is 11.6 Å². The van der Waals surface area contributed by atoms with Gasteiger partial charge >= 0.3 is 5.97 Å². The van der Waals surface area contributed by atoms with E-state index in [2.05, 4.69) is 0 Å². The van der Waals surface area contributed by atoms with Crippen molar-refractivity contribution in [3.8, 4) is 11.5 Å². The third-order valence-corrected chi connectivity index (χ3v) is 6.39. The molecule has 2 aliphatic rings. The molecule has 1 heterocycles. The molecule has 1 atom stereocenters. The van der Waals surface area contributed by atoms with Crippen molar-refractivity contribution in [1.29, 1.82) is 0 Å². The summed E-state index contributed by atoms with van der Waals surface area (Å²) < 4.78 is 16.1. The first kappa shape index (κ1) is 18.6. The van der Waals surface area contributed by atoms with E-state index in [-0.39, 0.29) is 28.7 Å². The largest absolute Gasteiger partial charge is 0.496 e. The molecule has 0 amide bonds.